The van der Waals surface area contributed by atoms with Gasteiger partial charge in [-0.1, -0.05) is 59.7 Å². The smallest absolute Gasteiger partial charge is 0.297 e. The number of para-hydroxylation sites is 2. The highest BCUT2D eigenvalue weighted by Crippen LogP contribution is 2.24. The molecule has 0 saturated carbocycles. The summed E-state index contributed by atoms with van der Waals surface area (Å²) in [5.74, 6) is 0.315. The van der Waals surface area contributed by atoms with Crippen molar-refractivity contribution in [2.45, 2.75) is 34.2 Å². The van der Waals surface area contributed by atoms with Crippen molar-refractivity contribution >= 4 is 28.3 Å². The van der Waals surface area contributed by atoms with Crippen LogP contribution in [0.4, 0.5) is 5.69 Å². The van der Waals surface area contributed by atoms with E-state index < -0.39 is 0 Å². The topological polar surface area (TPSA) is 81.3 Å². The Balaban J connectivity index is 1.61. The summed E-state index contributed by atoms with van der Waals surface area (Å²) in [5.41, 5.74) is 7.10. The number of aromatic nitrogens is 4. The SMILES string of the molecule is Cc1ccc(-c2nnc3c(=O)n(CC(=O)Nc4c(C)cc(C)cc4C)c4ccccc4n23)cc1. The average Bonchev–Trinajstić information content (AvgIpc) is 3.25. The number of fused-ring (bicyclic) bond motifs is 3. The zero-order valence-corrected chi connectivity index (χ0v) is 19.6. The van der Waals surface area contributed by atoms with E-state index in [4.69, 9.17) is 0 Å². The molecule has 0 unspecified atom stereocenters. The van der Waals surface area contributed by atoms with Crippen molar-refractivity contribution in [3.63, 3.8) is 0 Å². The fraction of sp³-hybridized carbons (Fsp3) is 0.185. The molecule has 1 N–H and O–H groups in total. The van der Waals surface area contributed by atoms with Crippen molar-refractivity contribution in [1.82, 2.24) is 19.2 Å². The van der Waals surface area contributed by atoms with Gasteiger partial charge in [-0.3, -0.25) is 18.6 Å². The molecule has 0 aliphatic carbocycles. The summed E-state index contributed by atoms with van der Waals surface area (Å²) in [4.78, 5) is 26.5. The molecule has 170 valence electrons. The molecule has 5 aromatic rings. The highest BCUT2D eigenvalue weighted by Gasteiger charge is 2.19. The predicted molar refractivity (Wildman–Crippen MR) is 134 cm³/mol. The average molecular weight is 452 g/mol. The molecular weight excluding hydrogens is 426 g/mol. The fourth-order valence-electron chi connectivity index (χ4n) is 4.51. The second-order valence-corrected chi connectivity index (χ2v) is 8.75. The Bertz CT molecular complexity index is 1600. The summed E-state index contributed by atoms with van der Waals surface area (Å²) in [7, 11) is 0. The van der Waals surface area contributed by atoms with Crippen molar-refractivity contribution in [3.05, 3.63) is 93.3 Å². The lowest BCUT2D eigenvalue weighted by molar-refractivity contribution is -0.116. The van der Waals surface area contributed by atoms with Gasteiger partial charge in [0.05, 0.1) is 11.0 Å². The Kier molecular flexibility index (Phi) is 5.24. The summed E-state index contributed by atoms with van der Waals surface area (Å²) < 4.78 is 3.23. The summed E-state index contributed by atoms with van der Waals surface area (Å²) in [5, 5.41) is 11.5. The van der Waals surface area contributed by atoms with Crippen LogP contribution in [0.15, 0.2) is 65.5 Å². The number of nitrogens with one attached hydrogen (secondary N) is 1. The van der Waals surface area contributed by atoms with Crippen molar-refractivity contribution < 1.29 is 4.79 Å². The maximum atomic E-state index is 13.5. The Morgan fingerprint density at radius 2 is 1.50 bits per heavy atom. The number of benzene rings is 3. The van der Waals surface area contributed by atoms with Crippen molar-refractivity contribution in [1.29, 1.82) is 0 Å². The molecule has 2 aromatic heterocycles. The van der Waals surface area contributed by atoms with Gasteiger partial charge in [0.2, 0.25) is 11.6 Å². The van der Waals surface area contributed by atoms with Crippen LogP contribution in [0, 0.1) is 27.7 Å². The first kappa shape index (κ1) is 21.6. The van der Waals surface area contributed by atoms with E-state index in [2.05, 4.69) is 15.5 Å². The largest absolute Gasteiger partial charge is 0.324 e. The van der Waals surface area contributed by atoms with Gasteiger partial charge in [0.25, 0.3) is 5.56 Å². The minimum absolute atomic E-state index is 0.130. The highest BCUT2D eigenvalue weighted by molar-refractivity contribution is 5.93. The van der Waals surface area contributed by atoms with Crippen LogP contribution in [0.1, 0.15) is 22.3 Å². The van der Waals surface area contributed by atoms with Crippen LogP contribution < -0.4 is 10.9 Å². The van der Waals surface area contributed by atoms with E-state index in [1.165, 1.54) is 4.57 Å². The van der Waals surface area contributed by atoms with Crippen molar-refractivity contribution in [2.75, 3.05) is 5.32 Å². The third-order valence-electron chi connectivity index (χ3n) is 6.07. The lowest BCUT2D eigenvalue weighted by Crippen LogP contribution is -2.30. The Hall–Kier alpha value is -4.26. The molecule has 0 aliphatic rings. The molecule has 0 atom stereocenters. The number of carbonyl (C=O) groups excluding carboxylic acids is 1. The number of aryl methyl sites for hydroxylation is 4. The molecule has 0 aliphatic heterocycles. The molecule has 0 bridgehead atoms. The zero-order chi connectivity index (χ0) is 24.0. The zero-order valence-electron chi connectivity index (χ0n) is 19.6. The monoisotopic (exact) mass is 451 g/mol. The van der Waals surface area contributed by atoms with Crippen LogP contribution in [0.5, 0.6) is 0 Å². The summed E-state index contributed by atoms with van der Waals surface area (Å²) in [6, 6.07) is 19.5. The van der Waals surface area contributed by atoms with Gasteiger partial charge in [0.15, 0.2) is 5.82 Å². The van der Waals surface area contributed by atoms with Crippen LogP contribution in [0.2, 0.25) is 0 Å². The lowest BCUT2D eigenvalue weighted by atomic mass is 10.1. The van der Waals surface area contributed by atoms with Gasteiger partial charge in [0.1, 0.15) is 6.54 Å². The third-order valence-corrected chi connectivity index (χ3v) is 6.07. The maximum Gasteiger partial charge on any atom is 0.297 e. The van der Waals surface area contributed by atoms with Gasteiger partial charge < -0.3 is 5.32 Å². The van der Waals surface area contributed by atoms with Gasteiger partial charge in [-0.25, -0.2) is 0 Å². The molecule has 3 aromatic carbocycles. The standard InChI is InChI=1S/C27H25N5O2/c1-16-9-11-20(12-10-16)25-29-30-26-27(34)31(21-7-5-6-8-22(21)32(25)26)15-23(33)28-24-18(3)13-17(2)14-19(24)4/h5-14H,15H2,1-4H3,(H,28,33). The number of hydrogen-bond acceptors (Lipinski definition) is 4. The quantitative estimate of drug-likeness (QED) is 0.434. The Labute approximate surface area is 196 Å². The molecule has 0 radical (unpaired) electrons. The number of hydrogen-bond donors (Lipinski definition) is 1. The van der Waals surface area contributed by atoms with Crippen LogP contribution in [0.25, 0.3) is 28.1 Å². The minimum atomic E-state index is -0.364. The van der Waals surface area contributed by atoms with Crippen molar-refractivity contribution in [3.8, 4) is 11.4 Å². The van der Waals surface area contributed by atoms with Gasteiger partial charge in [-0.15, -0.1) is 10.2 Å². The molecule has 0 spiro atoms. The molecule has 0 saturated heterocycles. The number of carbonyl (C=O) groups is 1. The van der Waals surface area contributed by atoms with E-state index in [1.54, 1.807) is 4.40 Å². The first-order chi connectivity index (χ1) is 16.3. The molecule has 5 rings (SSSR count). The molecule has 1 amide bonds. The highest BCUT2D eigenvalue weighted by atomic mass is 16.2. The number of rotatable bonds is 4. The van der Waals surface area contributed by atoms with Crippen molar-refractivity contribution in [2.24, 2.45) is 0 Å². The van der Waals surface area contributed by atoms with Crippen LogP contribution >= 0.6 is 0 Å². The number of nitrogens with zero attached hydrogens (tertiary/aromatic N) is 4. The second-order valence-electron chi connectivity index (χ2n) is 8.75. The normalized spacial score (nSPS) is 11.3. The number of amides is 1. The Morgan fingerprint density at radius 1 is 0.853 bits per heavy atom. The van der Waals surface area contributed by atoms with Gasteiger partial charge in [-0.05, 0) is 51.0 Å². The van der Waals surface area contributed by atoms with Gasteiger partial charge in [0, 0.05) is 11.3 Å². The van der Waals surface area contributed by atoms with E-state index >= 15 is 0 Å². The molecular formula is C27H25N5O2. The lowest BCUT2D eigenvalue weighted by Gasteiger charge is -2.15. The fourth-order valence-corrected chi connectivity index (χ4v) is 4.51. The summed E-state index contributed by atoms with van der Waals surface area (Å²) in [6.45, 7) is 7.84. The molecule has 7 heteroatoms. The van der Waals surface area contributed by atoms with E-state index in [9.17, 15) is 9.59 Å². The number of anilines is 1. The van der Waals surface area contributed by atoms with E-state index in [0.717, 1.165) is 39.0 Å². The molecule has 34 heavy (non-hydrogen) atoms. The maximum absolute atomic E-state index is 13.5. The predicted octanol–water partition coefficient (Wildman–Crippen LogP) is 4.58. The summed E-state index contributed by atoms with van der Waals surface area (Å²) >= 11 is 0. The second kappa shape index (κ2) is 8.26. The van der Waals surface area contributed by atoms with Gasteiger partial charge in [-0.2, -0.15) is 0 Å². The first-order valence-electron chi connectivity index (χ1n) is 11.1. The van der Waals surface area contributed by atoms with Crippen LogP contribution in [-0.2, 0) is 11.3 Å². The van der Waals surface area contributed by atoms with Gasteiger partial charge >= 0.3 is 0 Å². The summed E-state index contributed by atoms with van der Waals surface area (Å²) in [6.07, 6.45) is 0. The first-order valence-corrected chi connectivity index (χ1v) is 11.1. The van der Waals surface area contributed by atoms with E-state index in [1.807, 2.05) is 88.4 Å². The third kappa shape index (κ3) is 3.65. The minimum Gasteiger partial charge on any atom is -0.324 e. The van der Waals surface area contributed by atoms with Crippen LogP contribution in [-0.4, -0.2) is 25.1 Å². The van der Waals surface area contributed by atoms with Crippen LogP contribution in [0.3, 0.4) is 0 Å². The van der Waals surface area contributed by atoms with E-state index in [0.29, 0.717) is 11.3 Å². The molecule has 2 heterocycles. The molecule has 7 nitrogen and oxygen atoms in total. The molecule has 0 fully saturated rings. The Morgan fingerprint density at radius 3 is 2.18 bits per heavy atom. The van der Waals surface area contributed by atoms with E-state index in [-0.39, 0.29) is 23.7 Å².